The van der Waals surface area contributed by atoms with E-state index in [2.05, 4.69) is 4.98 Å². The van der Waals surface area contributed by atoms with Crippen LogP contribution in [0.2, 0.25) is 0 Å². The highest BCUT2D eigenvalue weighted by atomic mass is 32.2. The van der Waals surface area contributed by atoms with Gasteiger partial charge in [0.2, 0.25) is 0 Å². The van der Waals surface area contributed by atoms with Gasteiger partial charge in [-0.05, 0) is 52.8 Å². The normalized spacial score (nSPS) is 18.1. The van der Waals surface area contributed by atoms with Crippen molar-refractivity contribution < 1.29 is 22.5 Å². The molecule has 1 aliphatic heterocycles. The quantitative estimate of drug-likeness (QED) is 0.595. The van der Waals surface area contributed by atoms with Gasteiger partial charge in [0, 0.05) is 17.9 Å². The molecule has 0 radical (unpaired) electrons. The lowest BCUT2D eigenvalue weighted by Gasteiger charge is -2.32. The molecule has 158 valence electrons. The summed E-state index contributed by atoms with van der Waals surface area (Å²) < 4.78 is 46.0. The summed E-state index contributed by atoms with van der Waals surface area (Å²) in [6.45, 7) is 9.70. The molecular weight excluding hydrogens is 403 g/mol. The molecule has 0 saturated carbocycles. The third kappa shape index (κ3) is 3.12. The van der Waals surface area contributed by atoms with Gasteiger partial charge >= 0.3 is 7.12 Å². The number of hydrogen-bond donors (Lipinski definition) is 0. The lowest BCUT2D eigenvalue weighted by molar-refractivity contribution is 0.00578. The molecule has 0 unspecified atom stereocenters. The van der Waals surface area contributed by atoms with Crippen LogP contribution in [-0.4, -0.2) is 42.8 Å². The average molecular weight is 428 g/mol. The lowest BCUT2D eigenvalue weighted by atomic mass is 9.79. The Morgan fingerprint density at radius 2 is 1.63 bits per heavy atom. The molecule has 9 heteroatoms. The fraction of sp³-hybridized carbons (Fsp3) is 0.381. The summed E-state index contributed by atoms with van der Waals surface area (Å²) >= 11 is 0. The zero-order valence-corrected chi connectivity index (χ0v) is 18.8. The van der Waals surface area contributed by atoms with Crippen molar-refractivity contribution in [3.8, 4) is 5.75 Å². The van der Waals surface area contributed by atoms with Crippen molar-refractivity contribution in [2.24, 2.45) is 0 Å². The number of aromatic nitrogens is 2. The Labute approximate surface area is 177 Å². The summed E-state index contributed by atoms with van der Waals surface area (Å²) in [4.78, 5) is 4.53. The predicted octanol–water partition coefficient (Wildman–Crippen LogP) is 2.89. The van der Waals surface area contributed by atoms with Crippen molar-refractivity contribution in [1.29, 1.82) is 0 Å². The largest absolute Gasteiger partial charge is 0.497 e. The Morgan fingerprint density at radius 3 is 2.20 bits per heavy atom. The van der Waals surface area contributed by atoms with Crippen LogP contribution in [0.25, 0.3) is 11.0 Å². The van der Waals surface area contributed by atoms with Crippen LogP contribution in [0.1, 0.15) is 33.3 Å². The van der Waals surface area contributed by atoms with E-state index < -0.39 is 28.3 Å². The molecule has 3 heterocycles. The van der Waals surface area contributed by atoms with Gasteiger partial charge in [0.05, 0.1) is 28.6 Å². The van der Waals surface area contributed by atoms with Crippen LogP contribution in [0, 0.1) is 6.92 Å². The Hall–Kier alpha value is -2.36. The zero-order valence-electron chi connectivity index (χ0n) is 18.0. The minimum atomic E-state index is -3.89. The van der Waals surface area contributed by atoms with E-state index in [1.54, 1.807) is 30.3 Å². The summed E-state index contributed by atoms with van der Waals surface area (Å²) in [6.07, 6.45) is 3.05. The number of ether oxygens (including phenoxy) is 1. The molecule has 1 fully saturated rings. The van der Waals surface area contributed by atoms with Crippen LogP contribution in [0.15, 0.2) is 47.6 Å². The van der Waals surface area contributed by atoms with Crippen LogP contribution < -0.4 is 10.2 Å². The van der Waals surface area contributed by atoms with Crippen molar-refractivity contribution in [3.05, 3.63) is 48.3 Å². The van der Waals surface area contributed by atoms with Crippen molar-refractivity contribution >= 4 is 33.6 Å². The zero-order chi connectivity index (χ0) is 21.9. The number of benzene rings is 1. The monoisotopic (exact) mass is 428 g/mol. The molecule has 1 aliphatic rings. The molecule has 0 atom stereocenters. The fourth-order valence-electron chi connectivity index (χ4n) is 3.45. The van der Waals surface area contributed by atoms with E-state index in [1.807, 2.05) is 34.6 Å². The second-order valence-electron chi connectivity index (χ2n) is 8.50. The van der Waals surface area contributed by atoms with Crippen molar-refractivity contribution in [2.75, 3.05) is 7.11 Å². The molecule has 0 spiro atoms. The van der Waals surface area contributed by atoms with Gasteiger partial charge < -0.3 is 14.0 Å². The maximum Gasteiger partial charge on any atom is 0.497 e. The summed E-state index contributed by atoms with van der Waals surface area (Å²) in [5.74, 6) is 0.502. The topological polar surface area (TPSA) is 79.7 Å². The van der Waals surface area contributed by atoms with Crippen LogP contribution >= 0.6 is 0 Å². The molecule has 0 bridgehead atoms. The summed E-state index contributed by atoms with van der Waals surface area (Å²) in [5, 5.41) is 0.550. The second-order valence-corrected chi connectivity index (χ2v) is 10.3. The summed E-state index contributed by atoms with van der Waals surface area (Å²) in [7, 11) is -3.11. The van der Waals surface area contributed by atoms with Gasteiger partial charge in [-0.2, -0.15) is 0 Å². The van der Waals surface area contributed by atoms with E-state index >= 15 is 0 Å². The number of pyridine rings is 1. The van der Waals surface area contributed by atoms with Gasteiger partial charge in [-0.15, -0.1) is 0 Å². The van der Waals surface area contributed by atoms with Crippen LogP contribution in [-0.2, 0) is 19.3 Å². The Morgan fingerprint density at radius 1 is 1.03 bits per heavy atom. The van der Waals surface area contributed by atoms with Crippen molar-refractivity contribution in [2.45, 2.75) is 50.7 Å². The summed E-state index contributed by atoms with van der Waals surface area (Å²) in [6, 6.07) is 8.40. The van der Waals surface area contributed by atoms with Gasteiger partial charge in [0.1, 0.15) is 5.75 Å². The van der Waals surface area contributed by atoms with Gasteiger partial charge in [0.25, 0.3) is 10.0 Å². The maximum atomic E-state index is 13.4. The first-order chi connectivity index (χ1) is 14.0. The van der Waals surface area contributed by atoms with E-state index in [1.165, 1.54) is 23.5 Å². The highest BCUT2D eigenvalue weighted by Crippen LogP contribution is 2.38. The third-order valence-electron chi connectivity index (χ3n) is 5.95. The van der Waals surface area contributed by atoms with Crippen LogP contribution in [0.4, 0.5) is 0 Å². The predicted molar refractivity (Wildman–Crippen MR) is 116 cm³/mol. The molecule has 1 aromatic carbocycles. The first-order valence-electron chi connectivity index (χ1n) is 9.70. The van der Waals surface area contributed by atoms with E-state index in [0.29, 0.717) is 16.6 Å². The van der Waals surface area contributed by atoms with Crippen molar-refractivity contribution in [1.82, 2.24) is 8.96 Å². The standard InChI is InChI=1S/C21H25BN2O5S/c1-14-7-9-15(10-8-14)30(25,26)24-13-16(18-17(27-6)11-12-23-19(18)24)22-28-20(2,3)21(4,5)29-22/h7-13H,1-6H3. The van der Waals surface area contributed by atoms with E-state index in [4.69, 9.17) is 14.0 Å². The van der Waals surface area contributed by atoms with E-state index in [0.717, 1.165) is 5.56 Å². The fourth-order valence-corrected chi connectivity index (χ4v) is 4.78. The minimum Gasteiger partial charge on any atom is -0.496 e. The SMILES string of the molecule is COc1ccnc2c1c(B1OC(C)(C)C(C)(C)O1)cn2S(=O)(=O)c1ccc(C)cc1. The molecule has 0 amide bonds. The Bertz CT molecular complexity index is 1200. The van der Waals surface area contributed by atoms with Crippen LogP contribution in [0.3, 0.4) is 0 Å². The maximum absolute atomic E-state index is 13.4. The first kappa shape index (κ1) is 20.9. The Balaban J connectivity index is 1.95. The molecule has 7 nitrogen and oxygen atoms in total. The molecule has 30 heavy (non-hydrogen) atoms. The number of hydrogen-bond acceptors (Lipinski definition) is 6. The van der Waals surface area contributed by atoms with Gasteiger partial charge in [0.15, 0.2) is 5.65 Å². The molecule has 4 rings (SSSR count). The average Bonchev–Trinajstić information content (AvgIpc) is 3.17. The molecule has 2 aromatic heterocycles. The smallest absolute Gasteiger partial charge is 0.496 e. The molecule has 0 N–H and O–H groups in total. The van der Waals surface area contributed by atoms with Crippen molar-refractivity contribution in [3.63, 3.8) is 0 Å². The summed E-state index contributed by atoms with van der Waals surface area (Å²) in [5.41, 5.74) is 0.655. The third-order valence-corrected chi connectivity index (χ3v) is 7.62. The van der Waals surface area contributed by atoms with Crippen LogP contribution in [0.5, 0.6) is 5.75 Å². The van der Waals surface area contributed by atoms with Gasteiger partial charge in [-0.25, -0.2) is 17.4 Å². The highest BCUT2D eigenvalue weighted by Gasteiger charge is 2.53. The molecule has 0 aliphatic carbocycles. The number of nitrogens with zero attached hydrogens (tertiary/aromatic N) is 2. The molecule has 3 aromatic rings. The number of fused-ring (bicyclic) bond motifs is 1. The minimum absolute atomic E-state index is 0.176. The molecule has 1 saturated heterocycles. The van der Waals surface area contributed by atoms with Gasteiger partial charge in [-0.3, -0.25) is 0 Å². The lowest BCUT2D eigenvalue weighted by Crippen LogP contribution is -2.41. The number of methoxy groups -OCH3 is 1. The number of aryl methyl sites for hydroxylation is 1. The van der Waals surface area contributed by atoms with E-state index in [9.17, 15) is 8.42 Å². The highest BCUT2D eigenvalue weighted by molar-refractivity contribution is 7.90. The van der Waals surface area contributed by atoms with Gasteiger partial charge in [-0.1, -0.05) is 17.7 Å². The van der Waals surface area contributed by atoms with E-state index in [-0.39, 0.29) is 10.5 Å². The first-order valence-corrected chi connectivity index (χ1v) is 11.1. The Kier molecular flexibility index (Phi) is 4.76. The second kappa shape index (κ2) is 6.83. The number of rotatable bonds is 4. The molecular formula is C21H25BN2O5S.